The second-order valence-corrected chi connectivity index (χ2v) is 10.3. The van der Waals surface area contributed by atoms with Gasteiger partial charge in [-0.25, -0.2) is 0 Å². The van der Waals surface area contributed by atoms with Gasteiger partial charge in [0.05, 0.1) is 6.17 Å². The van der Waals surface area contributed by atoms with Crippen molar-refractivity contribution in [1.29, 1.82) is 0 Å². The molecule has 1 rings (SSSR count). The quantitative estimate of drug-likeness (QED) is 0.121. The first-order valence-electron chi connectivity index (χ1n) is 14.7. The Morgan fingerprint density at radius 1 is 0.714 bits per heavy atom. The lowest BCUT2D eigenvalue weighted by Gasteiger charge is -2.37. The molecule has 0 aliphatic carbocycles. The molecule has 204 valence electrons. The Balaban J connectivity index is 0.0000116. The zero-order valence-corrected chi connectivity index (χ0v) is 24.3. The van der Waals surface area contributed by atoms with Crippen LogP contribution in [0.3, 0.4) is 0 Å². The van der Waals surface area contributed by atoms with Crippen molar-refractivity contribution in [3.05, 3.63) is 35.9 Å². The summed E-state index contributed by atoms with van der Waals surface area (Å²) in [6.45, 7) is 8.78. The van der Waals surface area contributed by atoms with Crippen LogP contribution in [0, 0.1) is 0 Å². The fraction of sp³-hybridized carbons (Fsp3) is 0.774. The van der Waals surface area contributed by atoms with Crippen molar-refractivity contribution in [3.63, 3.8) is 0 Å². The van der Waals surface area contributed by atoms with Gasteiger partial charge in [-0.1, -0.05) is 141 Å². The van der Waals surface area contributed by atoms with Crippen LogP contribution in [0.5, 0.6) is 0 Å². The van der Waals surface area contributed by atoms with Crippen LogP contribution in [0.2, 0.25) is 0 Å². The van der Waals surface area contributed by atoms with Gasteiger partial charge >= 0.3 is 0 Å². The largest absolute Gasteiger partial charge is 0.341 e. The highest BCUT2D eigenvalue weighted by atomic mass is 35.5. The third-order valence-electron chi connectivity index (χ3n) is 7.41. The Morgan fingerprint density at radius 3 is 1.57 bits per heavy atom. The number of halogens is 1. The second kappa shape index (κ2) is 22.2. The van der Waals surface area contributed by atoms with E-state index in [1.165, 1.54) is 95.5 Å². The lowest BCUT2D eigenvalue weighted by molar-refractivity contribution is -0.122. The molecule has 1 amide bonds. The molecule has 0 saturated carbocycles. The average Bonchev–Trinajstić information content (AvgIpc) is 2.85. The van der Waals surface area contributed by atoms with E-state index >= 15 is 0 Å². The van der Waals surface area contributed by atoms with Gasteiger partial charge in [0.1, 0.15) is 0 Å². The molecule has 0 aliphatic heterocycles. The van der Waals surface area contributed by atoms with Gasteiger partial charge < -0.3 is 5.32 Å². The van der Waals surface area contributed by atoms with E-state index in [9.17, 15) is 4.79 Å². The van der Waals surface area contributed by atoms with Crippen LogP contribution in [0.1, 0.15) is 149 Å². The molecule has 1 unspecified atom stereocenters. The molecule has 0 spiro atoms. The molecule has 0 aliphatic rings. The molecule has 0 aromatic heterocycles. The van der Waals surface area contributed by atoms with E-state index in [2.05, 4.69) is 68.7 Å². The number of hydrogen-bond donors (Lipinski definition) is 2. The first-order valence-corrected chi connectivity index (χ1v) is 14.7. The first-order chi connectivity index (χ1) is 16.6. The maximum Gasteiger partial charge on any atom is 0.221 e. The summed E-state index contributed by atoms with van der Waals surface area (Å²) in [5.74, 6) is 0.170. The van der Waals surface area contributed by atoms with Gasteiger partial charge in [0.2, 0.25) is 5.91 Å². The molecule has 1 aromatic rings. The number of rotatable bonds is 22. The minimum Gasteiger partial charge on any atom is -0.341 e. The van der Waals surface area contributed by atoms with Gasteiger partial charge in [0.15, 0.2) is 0 Å². The van der Waals surface area contributed by atoms with E-state index in [1.54, 1.807) is 0 Å². The Kier molecular flexibility index (Phi) is 21.5. The van der Waals surface area contributed by atoms with Crippen LogP contribution < -0.4 is 10.6 Å². The van der Waals surface area contributed by atoms with E-state index in [0.717, 1.165) is 19.3 Å². The normalized spacial score (nSPS) is 12.2. The van der Waals surface area contributed by atoms with Crippen LogP contribution >= 0.6 is 12.4 Å². The zero-order valence-electron chi connectivity index (χ0n) is 23.5. The van der Waals surface area contributed by atoms with Crippen molar-refractivity contribution < 1.29 is 4.79 Å². The molecule has 0 heterocycles. The zero-order chi connectivity index (χ0) is 24.9. The van der Waals surface area contributed by atoms with E-state index in [-0.39, 0.29) is 30.0 Å². The Bertz CT molecular complexity index is 603. The fourth-order valence-electron chi connectivity index (χ4n) is 5.12. The number of carbonyl (C=O) groups is 1. The van der Waals surface area contributed by atoms with Crippen molar-refractivity contribution in [2.45, 2.75) is 155 Å². The van der Waals surface area contributed by atoms with Gasteiger partial charge in [-0.15, -0.1) is 12.4 Å². The average molecular weight is 509 g/mol. The highest BCUT2D eigenvalue weighted by molar-refractivity contribution is 5.85. The van der Waals surface area contributed by atoms with Crippen LogP contribution in [0.25, 0.3) is 0 Å². The summed E-state index contributed by atoms with van der Waals surface area (Å²) >= 11 is 0. The van der Waals surface area contributed by atoms with E-state index in [1.807, 2.05) is 0 Å². The van der Waals surface area contributed by atoms with E-state index < -0.39 is 0 Å². The van der Waals surface area contributed by atoms with E-state index in [0.29, 0.717) is 6.42 Å². The van der Waals surface area contributed by atoms with Gasteiger partial charge in [0, 0.05) is 12.0 Å². The van der Waals surface area contributed by atoms with Crippen molar-refractivity contribution >= 4 is 18.3 Å². The molecule has 0 fully saturated rings. The molecule has 0 saturated heterocycles. The summed E-state index contributed by atoms with van der Waals surface area (Å²) in [6, 6.07) is 10.6. The lowest BCUT2D eigenvalue weighted by Crippen LogP contribution is -2.53. The van der Waals surface area contributed by atoms with Crippen molar-refractivity contribution in [3.8, 4) is 0 Å². The highest BCUT2D eigenvalue weighted by Crippen LogP contribution is 2.29. The third kappa shape index (κ3) is 15.6. The summed E-state index contributed by atoms with van der Waals surface area (Å²) in [6.07, 6.45) is 22.8. The van der Waals surface area contributed by atoms with Crippen LogP contribution in [0.15, 0.2) is 30.3 Å². The Labute approximate surface area is 224 Å². The molecule has 3 nitrogen and oxygen atoms in total. The third-order valence-corrected chi connectivity index (χ3v) is 7.41. The molecule has 0 radical (unpaired) electrons. The SMILES string of the molecule is CCCCCCCCCCCCCCCCCC(=O)NC(C)NC(CC)(CC)c1ccccc1.Cl. The van der Waals surface area contributed by atoms with Gasteiger partial charge in [0.25, 0.3) is 0 Å². The molecule has 4 heteroatoms. The highest BCUT2D eigenvalue weighted by Gasteiger charge is 2.29. The summed E-state index contributed by atoms with van der Waals surface area (Å²) < 4.78 is 0. The molecule has 0 bridgehead atoms. The number of unbranched alkanes of at least 4 members (excludes halogenated alkanes) is 14. The fourth-order valence-corrected chi connectivity index (χ4v) is 5.12. The van der Waals surface area contributed by atoms with Crippen molar-refractivity contribution in [2.24, 2.45) is 0 Å². The smallest absolute Gasteiger partial charge is 0.221 e. The maximum atomic E-state index is 12.4. The minimum absolute atomic E-state index is 0. The first kappa shape index (κ1) is 33.9. The number of nitrogens with one attached hydrogen (secondary N) is 2. The predicted molar refractivity (Wildman–Crippen MR) is 156 cm³/mol. The van der Waals surface area contributed by atoms with Gasteiger partial charge in [-0.05, 0) is 31.7 Å². The molecule has 2 N–H and O–H groups in total. The van der Waals surface area contributed by atoms with Crippen LogP contribution in [-0.2, 0) is 10.3 Å². The maximum absolute atomic E-state index is 12.4. The van der Waals surface area contributed by atoms with Gasteiger partial charge in [-0.3, -0.25) is 10.1 Å². The summed E-state index contributed by atoms with van der Waals surface area (Å²) in [7, 11) is 0. The molecule has 1 atom stereocenters. The summed E-state index contributed by atoms with van der Waals surface area (Å²) in [5.41, 5.74) is 1.20. The molecule has 35 heavy (non-hydrogen) atoms. The molecule has 1 aromatic carbocycles. The molecular weight excluding hydrogens is 452 g/mol. The number of amides is 1. The number of carbonyl (C=O) groups excluding carboxylic acids is 1. The summed E-state index contributed by atoms with van der Waals surface area (Å²) in [5, 5.41) is 6.87. The number of hydrogen-bond acceptors (Lipinski definition) is 2. The van der Waals surface area contributed by atoms with Crippen molar-refractivity contribution in [2.75, 3.05) is 0 Å². The second-order valence-electron chi connectivity index (χ2n) is 10.3. The topological polar surface area (TPSA) is 41.1 Å². The van der Waals surface area contributed by atoms with E-state index in [4.69, 9.17) is 0 Å². The Hall–Kier alpha value is -1.06. The number of benzene rings is 1. The minimum atomic E-state index is -0.0947. The Morgan fingerprint density at radius 2 is 1.14 bits per heavy atom. The van der Waals surface area contributed by atoms with Crippen LogP contribution in [-0.4, -0.2) is 12.1 Å². The lowest BCUT2D eigenvalue weighted by atomic mass is 9.84. The monoisotopic (exact) mass is 508 g/mol. The predicted octanol–water partition coefficient (Wildman–Crippen LogP) is 9.44. The standard InChI is InChI=1S/C31H56N2O.ClH/c1-5-8-9-10-11-12-13-14-15-16-17-18-19-20-24-27-30(34)32-28(4)33-31(6-2,7-3)29-25-22-21-23-26-29;/h21-23,25-26,28,33H,5-20,24,27H2,1-4H3,(H,32,34);1H. The van der Waals surface area contributed by atoms with Crippen LogP contribution in [0.4, 0.5) is 0 Å². The summed E-state index contributed by atoms with van der Waals surface area (Å²) in [4.78, 5) is 12.4. The van der Waals surface area contributed by atoms with Gasteiger partial charge in [-0.2, -0.15) is 0 Å². The van der Waals surface area contributed by atoms with Crippen molar-refractivity contribution in [1.82, 2.24) is 10.6 Å². The molecular formula is C31H57ClN2O.